The number of hydrogen-bond acceptors (Lipinski definition) is 8. The standard InChI is InChI=1S/C22H22O8/c1-13-17(29-20(24)15-9-5-3-6-10-15)18(19(22(26)27-13)28-14(2)23)30-21(25)16-11-7-4-8-12-16/h3-13,17-19,22,26H,1-2H3/t13-,17-,18+,19+,22+/m0/s1. The van der Waals surface area contributed by atoms with Gasteiger partial charge in [-0.25, -0.2) is 9.59 Å². The molecule has 0 aliphatic carbocycles. The highest BCUT2D eigenvalue weighted by Crippen LogP contribution is 2.28. The molecule has 5 atom stereocenters. The molecule has 1 fully saturated rings. The zero-order valence-corrected chi connectivity index (χ0v) is 16.5. The summed E-state index contributed by atoms with van der Waals surface area (Å²) < 4.78 is 21.6. The van der Waals surface area contributed by atoms with E-state index in [2.05, 4.69) is 0 Å². The van der Waals surface area contributed by atoms with Crippen molar-refractivity contribution in [2.45, 2.75) is 44.6 Å². The van der Waals surface area contributed by atoms with E-state index in [0.29, 0.717) is 0 Å². The predicted octanol–water partition coefficient (Wildman–Crippen LogP) is 2.11. The van der Waals surface area contributed by atoms with E-state index in [1.807, 2.05) is 0 Å². The van der Waals surface area contributed by atoms with Crippen LogP contribution in [-0.2, 0) is 23.7 Å². The molecule has 3 rings (SSSR count). The van der Waals surface area contributed by atoms with E-state index in [1.54, 1.807) is 67.6 Å². The Morgan fingerprint density at radius 1 is 0.767 bits per heavy atom. The summed E-state index contributed by atoms with van der Waals surface area (Å²) in [6, 6.07) is 16.4. The van der Waals surface area contributed by atoms with Crippen LogP contribution in [0.15, 0.2) is 60.7 Å². The van der Waals surface area contributed by atoms with Gasteiger partial charge in [-0.2, -0.15) is 0 Å². The summed E-state index contributed by atoms with van der Waals surface area (Å²) >= 11 is 0. The van der Waals surface area contributed by atoms with Crippen molar-refractivity contribution >= 4 is 17.9 Å². The molecule has 0 radical (unpaired) electrons. The number of rotatable bonds is 5. The molecule has 1 N–H and O–H groups in total. The van der Waals surface area contributed by atoms with E-state index in [9.17, 15) is 19.5 Å². The molecule has 0 saturated carbocycles. The summed E-state index contributed by atoms with van der Waals surface area (Å²) in [6.07, 6.45) is -6.19. The van der Waals surface area contributed by atoms with Crippen LogP contribution >= 0.6 is 0 Å². The highest BCUT2D eigenvalue weighted by Gasteiger charge is 2.50. The van der Waals surface area contributed by atoms with Crippen LogP contribution in [0.5, 0.6) is 0 Å². The maximum absolute atomic E-state index is 12.6. The first-order chi connectivity index (χ1) is 14.4. The van der Waals surface area contributed by atoms with Gasteiger partial charge in [0.25, 0.3) is 0 Å². The van der Waals surface area contributed by atoms with Crippen LogP contribution in [0.25, 0.3) is 0 Å². The summed E-state index contributed by atoms with van der Waals surface area (Å²) in [4.78, 5) is 36.8. The second-order valence-electron chi connectivity index (χ2n) is 6.78. The first-order valence-corrected chi connectivity index (χ1v) is 9.39. The summed E-state index contributed by atoms with van der Waals surface area (Å²) in [5, 5.41) is 10.3. The zero-order valence-electron chi connectivity index (χ0n) is 16.5. The molecule has 30 heavy (non-hydrogen) atoms. The Bertz CT molecular complexity index is 883. The lowest BCUT2D eigenvalue weighted by Crippen LogP contribution is -2.60. The Hall–Kier alpha value is -3.23. The minimum Gasteiger partial charge on any atom is -0.453 e. The van der Waals surface area contributed by atoms with Crippen LogP contribution in [0, 0.1) is 0 Å². The lowest BCUT2D eigenvalue weighted by Gasteiger charge is -2.42. The monoisotopic (exact) mass is 414 g/mol. The topological polar surface area (TPSA) is 108 Å². The fourth-order valence-corrected chi connectivity index (χ4v) is 3.14. The summed E-state index contributed by atoms with van der Waals surface area (Å²) in [6.45, 7) is 2.70. The average molecular weight is 414 g/mol. The predicted molar refractivity (Wildman–Crippen MR) is 103 cm³/mol. The quantitative estimate of drug-likeness (QED) is 0.585. The first kappa shape index (κ1) is 21.5. The van der Waals surface area contributed by atoms with Crippen LogP contribution in [-0.4, -0.2) is 53.7 Å². The normalized spacial score (nSPS) is 25.8. The zero-order chi connectivity index (χ0) is 21.7. The Labute approximate surface area is 173 Å². The number of benzene rings is 2. The van der Waals surface area contributed by atoms with E-state index in [-0.39, 0.29) is 11.1 Å². The summed E-state index contributed by atoms with van der Waals surface area (Å²) in [5.74, 6) is -2.11. The van der Waals surface area contributed by atoms with Gasteiger partial charge in [0, 0.05) is 6.92 Å². The van der Waals surface area contributed by atoms with Crippen molar-refractivity contribution in [3.63, 3.8) is 0 Å². The van der Waals surface area contributed by atoms with Gasteiger partial charge >= 0.3 is 17.9 Å². The van der Waals surface area contributed by atoms with Gasteiger partial charge in [-0.3, -0.25) is 4.79 Å². The van der Waals surface area contributed by atoms with E-state index in [1.165, 1.54) is 0 Å². The smallest absolute Gasteiger partial charge is 0.338 e. The van der Waals surface area contributed by atoms with Gasteiger partial charge in [-0.1, -0.05) is 36.4 Å². The van der Waals surface area contributed by atoms with Crippen molar-refractivity contribution in [3.8, 4) is 0 Å². The number of aliphatic hydroxyl groups excluding tert-OH is 1. The number of esters is 3. The second-order valence-corrected chi connectivity index (χ2v) is 6.78. The third-order valence-corrected chi connectivity index (χ3v) is 4.55. The molecule has 1 aliphatic heterocycles. The van der Waals surface area contributed by atoms with Gasteiger partial charge in [0.2, 0.25) is 0 Å². The molecule has 0 aromatic heterocycles. The molecular formula is C22H22O8. The molecule has 8 nitrogen and oxygen atoms in total. The third kappa shape index (κ3) is 5.03. The van der Waals surface area contributed by atoms with Gasteiger partial charge in [0.05, 0.1) is 17.2 Å². The maximum Gasteiger partial charge on any atom is 0.338 e. The number of hydrogen-bond donors (Lipinski definition) is 1. The van der Waals surface area contributed by atoms with E-state index in [0.717, 1.165) is 6.92 Å². The van der Waals surface area contributed by atoms with Gasteiger partial charge in [-0.05, 0) is 31.2 Å². The fourth-order valence-electron chi connectivity index (χ4n) is 3.14. The van der Waals surface area contributed by atoms with Gasteiger partial charge in [0.15, 0.2) is 24.6 Å². The van der Waals surface area contributed by atoms with Gasteiger partial charge in [-0.15, -0.1) is 0 Å². The minimum atomic E-state index is -1.57. The molecule has 2 aromatic carbocycles. The fraction of sp³-hybridized carbons (Fsp3) is 0.318. The van der Waals surface area contributed by atoms with Crippen LogP contribution in [0.2, 0.25) is 0 Å². The van der Waals surface area contributed by atoms with Crippen molar-refractivity contribution in [1.29, 1.82) is 0 Å². The summed E-state index contributed by atoms with van der Waals surface area (Å²) in [7, 11) is 0. The Morgan fingerprint density at radius 3 is 1.70 bits per heavy atom. The Balaban J connectivity index is 1.88. The van der Waals surface area contributed by atoms with Crippen LogP contribution in [0.3, 0.4) is 0 Å². The highest BCUT2D eigenvalue weighted by atomic mass is 16.7. The molecular weight excluding hydrogens is 392 g/mol. The molecule has 1 saturated heterocycles. The molecule has 1 aliphatic rings. The number of aliphatic hydroxyl groups is 1. The molecule has 0 spiro atoms. The van der Waals surface area contributed by atoms with E-state index in [4.69, 9.17) is 18.9 Å². The molecule has 0 unspecified atom stereocenters. The number of ether oxygens (including phenoxy) is 4. The van der Waals surface area contributed by atoms with Gasteiger partial charge in [0.1, 0.15) is 0 Å². The van der Waals surface area contributed by atoms with Crippen molar-refractivity contribution < 1.29 is 38.4 Å². The van der Waals surface area contributed by atoms with Crippen molar-refractivity contribution in [3.05, 3.63) is 71.8 Å². The van der Waals surface area contributed by atoms with Crippen molar-refractivity contribution in [1.82, 2.24) is 0 Å². The highest BCUT2D eigenvalue weighted by molar-refractivity contribution is 5.90. The van der Waals surface area contributed by atoms with Crippen molar-refractivity contribution in [2.24, 2.45) is 0 Å². The van der Waals surface area contributed by atoms with Crippen LogP contribution < -0.4 is 0 Å². The number of carbonyl (C=O) groups is 3. The Morgan fingerprint density at radius 2 is 1.23 bits per heavy atom. The molecule has 158 valence electrons. The second kappa shape index (κ2) is 9.51. The minimum absolute atomic E-state index is 0.251. The van der Waals surface area contributed by atoms with E-state index >= 15 is 0 Å². The number of carbonyl (C=O) groups excluding carboxylic acids is 3. The molecule has 1 heterocycles. The van der Waals surface area contributed by atoms with Gasteiger partial charge < -0.3 is 24.1 Å². The molecule has 0 bridgehead atoms. The summed E-state index contributed by atoms with van der Waals surface area (Å²) in [5.41, 5.74) is 0.536. The molecule has 8 heteroatoms. The maximum atomic E-state index is 12.6. The molecule has 0 amide bonds. The molecule has 2 aromatic rings. The lowest BCUT2D eigenvalue weighted by atomic mass is 9.98. The average Bonchev–Trinajstić information content (AvgIpc) is 2.74. The third-order valence-electron chi connectivity index (χ3n) is 4.55. The van der Waals surface area contributed by atoms with Crippen LogP contribution in [0.1, 0.15) is 34.6 Å². The van der Waals surface area contributed by atoms with Crippen LogP contribution in [0.4, 0.5) is 0 Å². The first-order valence-electron chi connectivity index (χ1n) is 9.39. The SMILES string of the molecule is CC(=O)O[C@@H]1[C@H](OC(=O)c2ccccc2)[C@@H](OC(=O)c2ccccc2)[C@H](C)O[C@H]1O. The lowest BCUT2D eigenvalue weighted by molar-refractivity contribution is -0.281. The largest absolute Gasteiger partial charge is 0.453 e. The van der Waals surface area contributed by atoms with Crippen molar-refractivity contribution in [2.75, 3.05) is 0 Å². The Kier molecular flexibility index (Phi) is 6.81. The van der Waals surface area contributed by atoms with E-state index < -0.39 is 48.6 Å².